The van der Waals surface area contributed by atoms with E-state index < -0.39 is 5.60 Å². The Morgan fingerprint density at radius 2 is 1.97 bits per heavy atom. The number of piperidine rings is 1. The lowest BCUT2D eigenvalue weighted by atomic mass is 9.57. The van der Waals surface area contributed by atoms with Crippen LogP contribution in [0.25, 0.3) is 0 Å². The third kappa shape index (κ3) is 5.32. The number of likely N-dealkylation sites (tertiary alicyclic amines) is 1. The predicted molar refractivity (Wildman–Crippen MR) is 116 cm³/mol. The smallest absolute Gasteiger partial charge is 0.410 e. The average molecular weight is 415 g/mol. The number of aryl methyl sites for hydroxylation is 1. The van der Waals surface area contributed by atoms with E-state index in [-0.39, 0.29) is 12.0 Å². The molecule has 2 aliphatic rings. The van der Waals surface area contributed by atoms with Gasteiger partial charge in [0.15, 0.2) is 0 Å². The first-order valence-electron chi connectivity index (χ1n) is 10.7. The van der Waals surface area contributed by atoms with Gasteiger partial charge in [0.1, 0.15) is 11.1 Å². The standard InChI is InChI=1S/C23H34N4O3/c1-6-24-19-8-7-18(16-26(19)5)20(28)25-15-17-13-23(14-17)9-11-27(12-10-23)21(29)30-22(2,3)4/h6-8,16-17H,1,9-15H2,2-5H3,(H,25,28). The number of carbonyl (C=O) groups excluding carboxylic acids is 2. The molecule has 164 valence electrons. The number of hydrogen-bond acceptors (Lipinski definition) is 4. The molecule has 0 radical (unpaired) electrons. The summed E-state index contributed by atoms with van der Waals surface area (Å²) in [6.07, 6.45) is 7.31. The first-order valence-corrected chi connectivity index (χ1v) is 10.7. The molecule has 7 heteroatoms. The summed E-state index contributed by atoms with van der Waals surface area (Å²) in [4.78, 5) is 30.7. The maximum atomic E-state index is 12.5. The van der Waals surface area contributed by atoms with Crippen LogP contribution in [0, 0.1) is 11.3 Å². The molecule has 1 aliphatic heterocycles. The Kier molecular flexibility index (Phi) is 6.38. The van der Waals surface area contributed by atoms with Crippen molar-refractivity contribution in [3.05, 3.63) is 42.2 Å². The van der Waals surface area contributed by atoms with Crippen LogP contribution in [0.4, 0.5) is 4.79 Å². The van der Waals surface area contributed by atoms with Crippen molar-refractivity contribution in [2.45, 2.75) is 52.1 Å². The van der Waals surface area contributed by atoms with Crippen LogP contribution in [0.2, 0.25) is 0 Å². The van der Waals surface area contributed by atoms with Crippen LogP contribution in [0.15, 0.2) is 36.1 Å². The van der Waals surface area contributed by atoms with Gasteiger partial charge in [-0.05, 0) is 69.9 Å². The van der Waals surface area contributed by atoms with E-state index in [1.807, 2.05) is 43.4 Å². The summed E-state index contributed by atoms with van der Waals surface area (Å²) in [6, 6.07) is 3.60. The Morgan fingerprint density at radius 1 is 1.30 bits per heavy atom. The quantitative estimate of drug-likeness (QED) is 0.822. The molecule has 2 heterocycles. The summed E-state index contributed by atoms with van der Waals surface area (Å²) in [6.45, 7) is 11.5. The van der Waals surface area contributed by atoms with Crippen molar-refractivity contribution in [1.82, 2.24) is 14.8 Å². The number of ether oxygens (including phenoxy) is 1. The third-order valence-electron chi connectivity index (χ3n) is 6.06. The summed E-state index contributed by atoms with van der Waals surface area (Å²) >= 11 is 0. The number of hydrogen-bond donors (Lipinski definition) is 1. The molecule has 0 unspecified atom stereocenters. The van der Waals surface area contributed by atoms with Crippen LogP contribution in [0.1, 0.15) is 56.8 Å². The molecule has 0 bridgehead atoms. The van der Waals surface area contributed by atoms with Crippen LogP contribution in [0.3, 0.4) is 0 Å². The van der Waals surface area contributed by atoms with Gasteiger partial charge in [-0.3, -0.25) is 4.79 Å². The first kappa shape index (κ1) is 22.1. The van der Waals surface area contributed by atoms with Gasteiger partial charge in [-0.25, -0.2) is 9.79 Å². The summed E-state index contributed by atoms with van der Waals surface area (Å²) < 4.78 is 7.29. The van der Waals surface area contributed by atoms with Gasteiger partial charge >= 0.3 is 6.09 Å². The Hall–Kier alpha value is -2.57. The van der Waals surface area contributed by atoms with Crippen molar-refractivity contribution in [2.24, 2.45) is 23.4 Å². The van der Waals surface area contributed by atoms with E-state index in [9.17, 15) is 9.59 Å². The molecule has 7 nitrogen and oxygen atoms in total. The van der Waals surface area contributed by atoms with E-state index in [1.165, 1.54) is 6.20 Å². The highest BCUT2D eigenvalue weighted by molar-refractivity contribution is 5.93. The van der Waals surface area contributed by atoms with Crippen molar-refractivity contribution in [1.29, 1.82) is 0 Å². The summed E-state index contributed by atoms with van der Waals surface area (Å²) in [5.41, 5.74) is 1.25. The second-order valence-electron chi connectivity index (χ2n) is 9.65. The molecule has 30 heavy (non-hydrogen) atoms. The van der Waals surface area contributed by atoms with Crippen molar-refractivity contribution in [3.8, 4) is 0 Å². The number of rotatable bonds is 4. The fourth-order valence-electron chi connectivity index (χ4n) is 4.51. The summed E-state index contributed by atoms with van der Waals surface area (Å²) in [7, 11) is 1.86. The molecule has 1 aromatic rings. The molecule has 0 atom stereocenters. The van der Waals surface area contributed by atoms with Crippen LogP contribution in [-0.2, 0) is 11.8 Å². The summed E-state index contributed by atoms with van der Waals surface area (Å²) in [5, 5.41) is 3.07. The lowest BCUT2D eigenvalue weighted by molar-refractivity contribution is -0.0265. The number of pyridine rings is 1. The largest absolute Gasteiger partial charge is 0.444 e. The van der Waals surface area contributed by atoms with Crippen LogP contribution in [-0.4, -0.2) is 46.7 Å². The summed E-state index contributed by atoms with van der Waals surface area (Å²) in [5.74, 6) is 0.447. The lowest BCUT2D eigenvalue weighted by Crippen LogP contribution is -2.51. The molecule has 1 spiro atoms. The van der Waals surface area contributed by atoms with E-state index in [2.05, 4.69) is 16.9 Å². The molecule has 3 rings (SSSR count). The molecule has 1 saturated carbocycles. The van der Waals surface area contributed by atoms with E-state index in [1.54, 1.807) is 12.3 Å². The van der Waals surface area contributed by atoms with Crippen molar-refractivity contribution < 1.29 is 14.3 Å². The van der Waals surface area contributed by atoms with E-state index in [0.717, 1.165) is 44.3 Å². The maximum Gasteiger partial charge on any atom is 0.410 e. The maximum absolute atomic E-state index is 12.5. The van der Waals surface area contributed by atoms with Crippen LogP contribution >= 0.6 is 0 Å². The highest BCUT2D eigenvalue weighted by Gasteiger charge is 2.46. The number of amides is 2. The van der Waals surface area contributed by atoms with E-state index >= 15 is 0 Å². The van der Waals surface area contributed by atoms with E-state index in [0.29, 0.717) is 23.4 Å². The van der Waals surface area contributed by atoms with E-state index in [4.69, 9.17) is 4.74 Å². The fraction of sp³-hybridized carbons (Fsp3) is 0.609. The van der Waals surface area contributed by atoms with Gasteiger partial charge in [-0.15, -0.1) is 0 Å². The zero-order valence-electron chi connectivity index (χ0n) is 18.6. The highest BCUT2D eigenvalue weighted by Crippen LogP contribution is 2.52. The van der Waals surface area contributed by atoms with Crippen LogP contribution < -0.4 is 10.8 Å². The van der Waals surface area contributed by atoms with Crippen molar-refractivity contribution >= 4 is 12.0 Å². The second-order valence-corrected chi connectivity index (χ2v) is 9.65. The van der Waals surface area contributed by atoms with Crippen molar-refractivity contribution in [3.63, 3.8) is 0 Å². The molecular formula is C23H34N4O3. The third-order valence-corrected chi connectivity index (χ3v) is 6.06. The monoisotopic (exact) mass is 414 g/mol. The lowest BCUT2D eigenvalue weighted by Gasteiger charge is -2.52. The predicted octanol–water partition coefficient (Wildman–Crippen LogP) is 3.23. The fourth-order valence-corrected chi connectivity index (χ4v) is 4.51. The zero-order chi connectivity index (χ0) is 21.9. The SMILES string of the molecule is C=CN=c1ccc(C(=O)NCC2CC3(CCN(C(=O)OC(C)(C)C)CC3)C2)cn1C. The highest BCUT2D eigenvalue weighted by atomic mass is 16.6. The molecule has 2 fully saturated rings. The Labute approximate surface area is 178 Å². The second kappa shape index (κ2) is 8.66. The van der Waals surface area contributed by atoms with Crippen LogP contribution in [0.5, 0.6) is 0 Å². The Bertz CT molecular complexity index is 865. The van der Waals surface area contributed by atoms with Crippen molar-refractivity contribution in [2.75, 3.05) is 19.6 Å². The Morgan fingerprint density at radius 3 is 2.53 bits per heavy atom. The van der Waals surface area contributed by atoms with Gasteiger partial charge in [-0.2, -0.15) is 0 Å². The topological polar surface area (TPSA) is 75.9 Å². The minimum atomic E-state index is -0.455. The minimum absolute atomic E-state index is 0.0588. The van der Waals surface area contributed by atoms with Gasteiger partial charge in [0.05, 0.1) is 5.56 Å². The molecule has 0 aromatic carbocycles. The molecule has 1 aliphatic carbocycles. The number of carbonyl (C=O) groups is 2. The molecule has 1 N–H and O–H groups in total. The van der Waals surface area contributed by atoms with Gasteiger partial charge in [0.2, 0.25) is 0 Å². The molecule has 1 aromatic heterocycles. The number of nitrogens with one attached hydrogen (secondary N) is 1. The van der Waals surface area contributed by atoms with Gasteiger partial charge in [0.25, 0.3) is 5.91 Å². The zero-order valence-corrected chi connectivity index (χ0v) is 18.6. The van der Waals surface area contributed by atoms with Gasteiger partial charge in [-0.1, -0.05) is 6.58 Å². The molecule has 2 amide bonds. The number of nitrogens with zero attached hydrogens (tertiary/aromatic N) is 3. The molecular weight excluding hydrogens is 380 g/mol. The Balaban J connectivity index is 1.43. The van der Waals surface area contributed by atoms with Gasteiger partial charge < -0.3 is 19.5 Å². The number of aromatic nitrogens is 1. The normalized spacial score (nSPS) is 19.3. The first-order chi connectivity index (χ1) is 14.1. The van der Waals surface area contributed by atoms with Gasteiger partial charge in [0, 0.05) is 39.1 Å². The molecule has 1 saturated heterocycles. The minimum Gasteiger partial charge on any atom is -0.444 e. The average Bonchev–Trinajstić information content (AvgIpc) is 2.65.